The summed E-state index contributed by atoms with van der Waals surface area (Å²) in [5.41, 5.74) is 0.415. The van der Waals surface area contributed by atoms with Crippen molar-refractivity contribution < 1.29 is 14.1 Å². The number of ether oxygens (including phenoxy) is 1. The van der Waals surface area contributed by atoms with Crippen LogP contribution in [0.4, 0.5) is 0 Å². The van der Waals surface area contributed by atoms with Crippen molar-refractivity contribution in [3.63, 3.8) is 0 Å². The van der Waals surface area contributed by atoms with Crippen molar-refractivity contribution in [2.45, 2.75) is 13.3 Å². The van der Waals surface area contributed by atoms with Crippen molar-refractivity contribution in [2.75, 3.05) is 6.61 Å². The van der Waals surface area contributed by atoms with E-state index in [4.69, 9.17) is 20.9 Å². The molecule has 0 saturated carbocycles. The van der Waals surface area contributed by atoms with Gasteiger partial charge in [-0.25, -0.2) is 0 Å². The van der Waals surface area contributed by atoms with Crippen LogP contribution < -0.4 is 0 Å². The molecule has 0 unspecified atom stereocenters. The Morgan fingerprint density at radius 3 is 3.11 bits per heavy atom. The van der Waals surface area contributed by atoms with Gasteiger partial charge in [0.2, 0.25) is 11.7 Å². The van der Waals surface area contributed by atoms with E-state index in [1.54, 1.807) is 25.3 Å². The highest BCUT2D eigenvalue weighted by molar-refractivity contribution is 6.32. The summed E-state index contributed by atoms with van der Waals surface area (Å²) in [6.07, 6.45) is 1.51. The van der Waals surface area contributed by atoms with Crippen molar-refractivity contribution in [1.29, 1.82) is 0 Å². The second kappa shape index (κ2) is 5.59. The van der Waals surface area contributed by atoms with Crippen LogP contribution in [0.25, 0.3) is 11.5 Å². The third-order valence-electron chi connectivity index (χ3n) is 2.04. The Labute approximate surface area is 108 Å². The molecule has 18 heavy (non-hydrogen) atoms. The topological polar surface area (TPSA) is 78.1 Å². The molecule has 0 amide bonds. The minimum atomic E-state index is -0.417. The van der Waals surface area contributed by atoms with E-state index in [1.807, 2.05) is 0 Å². The molecule has 0 aliphatic heterocycles. The van der Waals surface area contributed by atoms with Crippen LogP contribution in [0.1, 0.15) is 12.8 Å². The van der Waals surface area contributed by atoms with E-state index in [0.717, 1.165) is 0 Å². The Kier molecular flexibility index (Phi) is 3.88. The smallest absolute Gasteiger partial charge is 0.315 e. The molecule has 0 aliphatic rings. The normalized spacial score (nSPS) is 10.3. The lowest BCUT2D eigenvalue weighted by molar-refractivity contribution is -0.142. The Balaban J connectivity index is 2.16. The molecule has 6 nitrogen and oxygen atoms in total. The largest absolute Gasteiger partial charge is 0.466 e. The van der Waals surface area contributed by atoms with Crippen LogP contribution in [0, 0.1) is 0 Å². The van der Waals surface area contributed by atoms with Crippen LogP contribution >= 0.6 is 11.6 Å². The Bertz CT molecular complexity index is 556. The molecule has 2 aromatic heterocycles. The Morgan fingerprint density at radius 1 is 1.56 bits per heavy atom. The van der Waals surface area contributed by atoms with Gasteiger partial charge in [-0.3, -0.25) is 9.78 Å². The molecule has 0 atom stereocenters. The maximum atomic E-state index is 11.2. The fourth-order valence-corrected chi connectivity index (χ4v) is 1.51. The quantitative estimate of drug-likeness (QED) is 0.787. The highest BCUT2D eigenvalue weighted by Crippen LogP contribution is 2.22. The van der Waals surface area contributed by atoms with Gasteiger partial charge in [0.05, 0.1) is 11.6 Å². The number of hydrogen-bond donors (Lipinski definition) is 0. The third-order valence-corrected chi connectivity index (χ3v) is 2.34. The van der Waals surface area contributed by atoms with Crippen molar-refractivity contribution in [2.24, 2.45) is 0 Å². The predicted octanol–water partition coefficient (Wildman–Crippen LogP) is 1.89. The molecule has 2 aromatic rings. The fourth-order valence-electron chi connectivity index (χ4n) is 1.31. The summed E-state index contributed by atoms with van der Waals surface area (Å²) >= 11 is 5.95. The number of pyridine rings is 1. The Morgan fingerprint density at radius 2 is 2.39 bits per heavy atom. The van der Waals surface area contributed by atoms with Crippen LogP contribution in [0.15, 0.2) is 22.9 Å². The number of halogens is 1. The minimum Gasteiger partial charge on any atom is -0.466 e. The fraction of sp³-hybridized carbons (Fsp3) is 0.273. The highest BCUT2D eigenvalue weighted by Gasteiger charge is 2.15. The third kappa shape index (κ3) is 2.84. The Hall–Kier alpha value is -1.95. The lowest BCUT2D eigenvalue weighted by Crippen LogP contribution is -2.07. The summed E-state index contributed by atoms with van der Waals surface area (Å²) in [6.45, 7) is 2.04. The minimum absolute atomic E-state index is 0.0642. The molecule has 7 heteroatoms. The molecule has 2 heterocycles. The monoisotopic (exact) mass is 267 g/mol. The zero-order valence-corrected chi connectivity index (χ0v) is 10.3. The molecular formula is C11H10ClN3O3. The number of esters is 1. The second-order valence-corrected chi connectivity index (χ2v) is 3.73. The zero-order valence-electron chi connectivity index (χ0n) is 9.59. The first-order valence-electron chi connectivity index (χ1n) is 5.29. The average Bonchev–Trinajstić information content (AvgIpc) is 2.78. The van der Waals surface area contributed by atoms with E-state index in [0.29, 0.717) is 17.3 Å². The van der Waals surface area contributed by atoms with E-state index in [-0.39, 0.29) is 18.1 Å². The molecule has 0 fully saturated rings. The van der Waals surface area contributed by atoms with E-state index >= 15 is 0 Å². The van der Waals surface area contributed by atoms with Crippen molar-refractivity contribution >= 4 is 17.6 Å². The molecule has 0 spiro atoms. The summed E-state index contributed by atoms with van der Waals surface area (Å²) in [4.78, 5) is 19.3. The first-order chi connectivity index (χ1) is 8.70. The lowest BCUT2D eigenvalue weighted by atomic mass is 10.3. The van der Waals surface area contributed by atoms with Crippen LogP contribution in [-0.2, 0) is 16.0 Å². The van der Waals surface area contributed by atoms with Crippen LogP contribution in [-0.4, -0.2) is 27.7 Å². The maximum absolute atomic E-state index is 11.2. The van der Waals surface area contributed by atoms with Crippen LogP contribution in [0.2, 0.25) is 5.02 Å². The number of hydrogen-bond acceptors (Lipinski definition) is 6. The van der Waals surface area contributed by atoms with E-state index < -0.39 is 5.97 Å². The van der Waals surface area contributed by atoms with Gasteiger partial charge in [-0.1, -0.05) is 16.8 Å². The summed E-state index contributed by atoms with van der Waals surface area (Å²) in [5, 5.41) is 4.14. The number of aromatic nitrogens is 3. The number of carbonyl (C=O) groups excluding carboxylic acids is 1. The number of rotatable bonds is 4. The summed E-state index contributed by atoms with van der Waals surface area (Å²) in [6, 6.07) is 3.37. The van der Waals surface area contributed by atoms with Crippen LogP contribution in [0.3, 0.4) is 0 Å². The van der Waals surface area contributed by atoms with Crippen molar-refractivity contribution in [1.82, 2.24) is 15.1 Å². The summed E-state index contributed by atoms with van der Waals surface area (Å²) in [5.74, 6) is 0.00452. The van der Waals surface area contributed by atoms with Gasteiger partial charge >= 0.3 is 5.97 Å². The molecule has 0 bridgehead atoms. The molecule has 0 aliphatic carbocycles. The van der Waals surface area contributed by atoms with Gasteiger partial charge in [-0.2, -0.15) is 4.98 Å². The first kappa shape index (κ1) is 12.5. The van der Waals surface area contributed by atoms with E-state index in [2.05, 4.69) is 15.1 Å². The van der Waals surface area contributed by atoms with Gasteiger partial charge in [0.25, 0.3) is 0 Å². The lowest BCUT2D eigenvalue weighted by Gasteiger charge is -1.96. The molecule has 2 rings (SSSR count). The molecule has 0 saturated heterocycles. The predicted molar refractivity (Wildman–Crippen MR) is 62.9 cm³/mol. The van der Waals surface area contributed by atoms with Crippen molar-refractivity contribution in [3.05, 3.63) is 29.2 Å². The number of nitrogens with zero attached hydrogens (tertiary/aromatic N) is 3. The summed E-state index contributed by atoms with van der Waals surface area (Å²) < 4.78 is 9.71. The van der Waals surface area contributed by atoms with Gasteiger partial charge < -0.3 is 9.26 Å². The van der Waals surface area contributed by atoms with Gasteiger partial charge in [-0.05, 0) is 19.1 Å². The molecule has 0 aromatic carbocycles. The van der Waals surface area contributed by atoms with Gasteiger partial charge in [-0.15, -0.1) is 0 Å². The first-order valence-corrected chi connectivity index (χ1v) is 5.67. The summed E-state index contributed by atoms with van der Waals surface area (Å²) in [7, 11) is 0. The SMILES string of the molecule is CCOC(=O)Cc1nc(-c2ncccc2Cl)no1. The standard InChI is InChI=1S/C11H10ClN3O3/c1-2-17-9(16)6-8-14-11(15-18-8)10-7(12)4-3-5-13-10/h3-5H,2,6H2,1H3. The molecule has 0 N–H and O–H groups in total. The van der Waals surface area contributed by atoms with E-state index in [1.165, 1.54) is 0 Å². The molecular weight excluding hydrogens is 258 g/mol. The zero-order chi connectivity index (χ0) is 13.0. The van der Waals surface area contributed by atoms with Crippen molar-refractivity contribution in [3.8, 4) is 11.5 Å². The maximum Gasteiger partial charge on any atom is 0.315 e. The average molecular weight is 268 g/mol. The highest BCUT2D eigenvalue weighted by atomic mass is 35.5. The molecule has 94 valence electrons. The van der Waals surface area contributed by atoms with Gasteiger partial charge in [0, 0.05) is 6.20 Å². The second-order valence-electron chi connectivity index (χ2n) is 3.33. The van der Waals surface area contributed by atoms with Gasteiger partial charge in [0.15, 0.2) is 0 Å². The van der Waals surface area contributed by atoms with Crippen LogP contribution in [0.5, 0.6) is 0 Å². The number of carbonyl (C=O) groups is 1. The van der Waals surface area contributed by atoms with Gasteiger partial charge in [0.1, 0.15) is 12.1 Å². The van der Waals surface area contributed by atoms with E-state index in [9.17, 15) is 4.79 Å². The molecule has 0 radical (unpaired) electrons.